The Labute approximate surface area is 87.0 Å². The molecule has 4 heteroatoms. The molecule has 0 aromatic carbocycles. The molecule has 1 rings (SSSR count). The highest BCUT2D eigenvalue weighted by Gasteiger charge is 2.11. The summed E-state index contributed by atoms with van der Waals surface area (Å²) >= 11 is 0. The van der Waals surface area contributed by atoms with Crippen molar-refractivity contribution in [2.75, 3.05) is 12.9 Å². The molecule has 1 heterocycles. The molecule has 1 aromatic heterocycles. The molecule has 0 aliphatic rings. The predicted octanol–water partition coefficient (Wildman–Crippen LogP) is 1.66. The van der Waals surface area contributed by atoms with E-state index in [1.807, 2.05) is 19.9 Å². The number of rotatable bonds is 4. The molecule has 0 aliphatic heterocycles. The van der Waals surface area contributed by atoms with E-state index in [0.717, 1.165) is 11.1 Å². The summed E-state index contributed by atoms with van der Waals surface area (Å²) in [5.41, 5.74) is 2.04. The molecule has 1 unspecified atom stereocenters. The molecule has 3 nitrogen and oxygen atoms in total. The molecule has 1 aromatic rings. The van der Waals surface area contributed by atoms with Gasteiger partial charge in [-0.15, -0.1) is 0 Å². The van der Waals surface area contributed by atoms with Crippen LogP contribution in [0.1, 0.15) is 18.1 Å². The number of methoxy groups -OCH3 is 1. The molecule has 0 N–H and O–H groups in total. The number of hydrogen-bond donors (Lipinski definition) is 0. The van der Waals surface area contributed by atoms with Crippen LogP contribution in [0, 0.1) is 6.92 Å². The Hall–Kier alpha value is -0.740. The van der Waals surface area contributed by atoms with Crippen molar-refractivity contribution in [3.05, 3.63) is 23.4 Å². The Morgan fingerprint density at radius 3 is 2.86 bits per heavy atom. The van der Waals surface area contributed by atoms with E-state index in [1.54, 1.807) is 13.3 Å². The summed E-state index contributed by atoms with van der Waals surface area (Å²) in [6, 6.07) is 1.91. The van der Waals surface area contributed by atoms with E-state index in [1.165, 1.54) is 0 Å². The van der Waals surface area contributed by atoms with Crippen LogP contribution in [0.4, 0.5) is 0 Å². The maximum atomic E-state index is 11.7. The van der Waals surface area contributed by atoms with Crippen LogP contribution < -0.4 is 0 Å². The summed E-state index contributed by atoms with van der Waals surface area (Å²) in [5.74, 6) is 0.590. The van der Waals surface area contributed by atoms with Crippen molar-refractivity contribution in [1.82, 2.24) is 4.98 Å². The highest BCUT2D eigenvalue weighted by atomic mass is 32.2. The Kier molecular flexibility index (Phi) is 4.22. The molecular weight excluding hydrogens is 198 g/mol. The molecule has 0 saturated carbocycles. The molecule has 0 aliphatic carbocycles. The van der Waals surface area contributed by atoms with Gasteiger partial charge in [0.25, 0.3) is 0 Å². The zero-order valence-corrected chi connectivity index (χ0v) is 9.56. The zero-order chi connectivity index (χ0) is 10.6. The van der Waals surface area contributed by atoms with E-state index in [9.17, 15) is 4.21 Å². The molecule has 0 spiro atoms. The van der Waals surface area contributed by atoms with E-state index < -0.39 is 10.8 Å². The van der Waals surface area contributed by atoms with E-state index >= 15 is 0 Å². The first-order chi connectivity index (χ1) is 6.70. The van der Waals surface area contributed by atoms with Crippen molar-refractivity contribution in [1.29, 1.82) is 0 Å². The molecule has 0 radical (unpaired) electrons. The maximum absolute atomic E-state index is 11.7. The zero-order valence-electron chi connectivity index (χ0n) is 8.74. The van der Waals surface area contributed by atoms with Crippen molar-refractivity contribution < 1.29 is 8.95 Å². The molecule has 0 bridgehead atoms. The second-order valence-corrected chi connectivity index (χ2v) is 4.63. The van der Waals surface area contributed by atoms with Crippen LogP contribution in [0.2, 0.25) is 0 Å². The van der Waals surface area contributed by atoms with Gasteiger partial charge in [0.1, 0.15) is 5.03 Å². The van der Waals surface area contributed by atoms with Crippen LogP contribution in [0.25, 0.3) is 0 Å². The van der Waals surface area contributed by atoms with Crippen LogP contribution >= 0.6 is 0 Å². The van der Waals surface area contributed by atoms with Crippen molar-refractivity contribution in [3.63, 3.8) is 0 Å². The lowest BCUT2D eigenvalue weighted by Gasteiger charge is -2.09. The third-order valence-corrected chi connectivity index (χ3v) is 3.32. The average molecular weight is 213 g/mol. The number of ether oxygens (including phenoxy) is 1. The van der Waals surface area contributed by atoms with Crippen molar-refractivity contribution in [2.45, 2.75) is 25.5 Å². The predicted molar refractivity (Wildman–Crippen MR) is 56.6 cm³/mol. The largest absolute Gasteiger partial charge is 0.380 e. The smallest absolute Gasteiger partial charge is 0.132 e. The normalized spacial score (nSPS) is 12.8. The fourth-order valence-corrected chi connectivity index (χ4v) is 2.16. The second-order valence-electron chi connectivity index (χ2n) is 2.98. The molecule has 0 fully saturated rings. The number of aromatic nitrogens is 1. The molecule has 0 saturated heterocycles. The maximum Gasteiger partial charge on any atom is 0.132 e. The van der Waals surface area contributed by atoms with E-state index in [2.05, 4.69) is 4.98 Å². The van der Waals surface area contributed by atoms with Gasteiger partial charge in [-0.1, -0.05) is 6.92 Å². The first kappa shape index (κ1) is 11.3. The van der Waals surface area contributed by atoms with Gasteiger partial charge in [-0.25, -0.2) is 4.98 Å². The highest BCUT2D eigenvalue weighted by molar-refractivity contribution is 7.84. The number of nitrogens with zero attached hydrogens (tertiary/aromatic N) is 1. The SMILES string of the molecule is CCS(=O)c1nccc(C)c1COC. The Morgan fingerprint density at radius 1 is 1.57 bits per heavy atom. The molecular formula is C10H15NO2S. The average Bonchev–Trinajstić information content (AvgIpc) is 2.20. The van der Waals surface area contributed by atoms with Crippen molar-refractivity contribution in [2.24, 2.45) is 0 Å². The van der Waals surface area contributed by atoms with E-state index in [-0.39, 0.29) is 0 Å². The van der Waals surface area contributed by atoms with Gasteiger partial charge in [-0.3, -0.25) is 4.21 Å². The molecule has 14 heavy (non-hydrogen) atoms. The summed E-state index contributed by atoms with van der Waals surface area (Å²) in [4.78, 5) is 4.15. The topological polar surface area (TPSA) is 39.2 Å². The third-order valence-electron chi connectivity index (χ3n) is 2.02. The molecule has 78 valence electrons. The number of pyridine rings is 1. The fourth-order valence-electron chi connectivity index (χ4n) is 1.22. The number of hydrogen-bond acceptors (Lipinski definition) is 3. The van der Waals surface area contributed by atoms with Gasteiger partial charge < -0.3 is 4.74 Å². The number of aryl methyl sites for hydroxylation is 1. The minimum atomic E-state index is -1.00. The van der Waals surface area contributed by atoms with E-state index in [4.69, 9.17) is 4.74 Å². The summed E-state index contributed by atoms with van der Waals surface area (Å²) in [7, 11) is 0.625. The monoisotopic (exact) mass is 213 g/mol. The fraction of sp³-hybridized carbons (Fsp3) is 0.500. The first-order valence-corrected chi connectivity index (χ1v) is 5.84. The van der Waals surface area contributed by atoms with Crippen LogP contribution in [0.3, 0.4) is 0 Å². The van der Waals surface area contributed by atoms with Gasteiger partial charge in [0, 0.05) is 24.6 Å². The Balaban J connectivity index is 3.13. The van der Waals surface area contributed by atoms with Gasteiger partial charge in [-0.2, -0.15) is 0 Å². The van der Waals surface area contributed by atoms with Gasteiger partial charge >= 0.3 is 0 Å². The Morgan fingerprint density at radius 2 is 2.29 bits per heavy atom. The second kappa shape index (κ2) is 5.22. The molecule has 0 amide bonds. The van der Waals surface area contributed by atoms with E-state index in [0.29, 0.717) is 17.4 Å². The Bertz CT molecular complexity index is 339. The van der Waals surface area contributed by atoms with Crippen molar-refractivity contribution in [3.8, 4) is 0 Å². The standard InChI is InChI=1S/C10H15NO2S/c1-4-14(12)10-9(7-13-3)8(2)5-6-11-10/h5-6H,4,7H2,1-3H3. The minimum absolute atomic E-state index is 0.473. The summed E-state index contributed by atoms with van der Waals surface area (Å²) in [6.07, 6.45) is 1.69. The lowest BCUT2D eigenvalue weighted by molar-refractivity contribution is 0.181. The lowest BCUT2D eigenvalue weighted by Crippen LogP contribution is -2.05. The molecule has 1 atom stereocenters. The van der Waals surface area contributed by atoms with Crippen LogP contribution in [-0.4, -0.2) is 22.1 Å². The minimum Gasteiger partial charge on any atom is -0.380 e. The quantitative estimate of drug-likeness (QED) is 0.763. The lowest BCUT2D eigenvalue weighted by atomic mass is 10.2. The summed E-state index contributed by atoms with van der Waals surface area (Å²) in [5, 5.41) is 0.661. The third kappa shape index (κ3) is 2.39. The summed E-state index contributed by atoms with van der Waals surface area (Å²) in [6.45, 7) is 4.34. The van der Waals surface area contributed by atoms with Crippen molar-refractivity contribution >= 4 is 10.8 Å². The van der Waals surface area contributed by atoms with Crippen LogP contribution in [0.5, 0.6) is 0 Å². The van der Waals surface area contributed by atoms with Gasteiger partial charge in [0.2, 0.25) is 0 Å². The van der Waals surface area contributed by atoms with Gasteiger partial charge in [0.15, 0.2) is 0 Å². The van der Waals surface area contributed by atoms with Gasteiger partial charge in [-0.05, 0) is 18.6 Å². The van der Waals surface area contributed by atoms with Gasteiger partial charge in [0.05, 0.1) is 17.4 Å². The van der Waals surface area contributed by atoms with Crippen LogP contribution in [-0.2, 0) is 22.1 Å². The highest BCUT2D eigenvalue weighted by Crippen LogP contribution is 2.16. The summed E-state index contributed by atoms with van der Waals surface area (Å²) < 4.78 is 16.7. The van der Waals surface area contributed by atoms with Crippen LogP contribution in [0.15, 0.2) is 17.3 Å². The first-order valence-electron chi connectivity index (χ1n) is 4.52.